The van der Waals surface area contributed by atoms with Crippen LogP contribution in [0, 0.1) is 0 Å². The molecule has 1 heterocycles. The summed E-state index contributed by atoms with van der Waals surface area (Å²) in [5.74, 6) is 0.906. The highest BCUT2D eigenvalue weighted by molar-refractivity contribution is 7.99. The molecule has 3 heteroatoms. The maximum atomic E-state index is 11.4. The molecular formula is C22H28O2S. The Morgan fingerprint density at radius 3 is 2.80 bits per heavy atom. The van der Waals surface area contributed by atoms with Crippen molar-refractivity contribution in [2.24, 2.45) is 0 Å². The maximum absolute atomic E-state index is 11.4. The zero-order valence-electron chi connectivity index (χ0n) is 15.9. The lowest BCUT2D eigenvalue weighted by molar-refractivity contribution is -0.137. The molecule has 0 saturated carbocycles. The van der Waals surface area contributed by atoms with Gasteiger partial charge in [-0.2, -0.15) is 0 Å². The van der Waals surface area contributed by atoms with Crippen molar-refractivity contribution in [2.75, 3.05) is 12.4 Å². The molecule has 25 heavy (non-hydrogen) atoms. The van der Waals surface area contributed by atoms with E-state index >= 15 is 0 Å². The first-order chi connectivity index (χ1) is 11.8. The molecule has 0 radical (unpaired) electrons. The predicted molar refractivity (Wildman–Crippen MR) is 108 cm³/mol. The van der Waals surface area contributed by atoms with Crippen molar-refractivity contribution in [1.29, 1.82) is 0 Å². The van der Waals surface area contributed by atoms with Gasteiger partial charge in [0.05, 0.1) is 6.61 Å². The largest absolute Gasteiger partial charge is 0.463 e. The number of ether oxygens (including phenoxy) is 1. The van der Waals surface area contributed by atoms with Crippen molar-refractivity contribution < 1.29 is 9.53 Å². The van der Waals surface area contributed by atoms with Gasteiger partial charge in [0, 0.05) is 11.0 Å². The lowest BCUT2D eigenvalue weighted by Crippen LogP contribution is -2.22. The number of thioether (sulfide) groups is 1. The van der Waals surface area contributed by atoms with Gasteiger partial charge in [0.25, 0.3) is 0 Å². The number of esters is 1. The Balaban J connectivity index is 2.15. The van der Waals surface area contributed by atoms with E-state index < -0.39 is 0 Å². The van der Waals surface area contributed by atoms with Crippen LogP contribution >= 0.6 is 11.8 Å². The summed E-state index contributed by atoms with van der Waals surface area (Å²) >= 11 is 1.96. The molecule has 0 aliphatic carbocycles. The topological polar surface area (TPSA) is 26.3 Å². The monoisotopic (exact) mass is 356 g/mol. The summed E-state index contributed by atoms with van der Waals surface area (Å²) in [6.45, 7) is 10.9. The van der Waals surface area contributed by atoms with E-state index in [2.05, 4.69) is 45.0 Å². The second kappa shape index (κ2) is 8.57. The van der Waals surface area contributed by atoms with Crippen molar-refractivity contribution in [3.63, 3.8) is 0 Å². The average molecular weight is 357 g/mol. The summed E-state index contributed by atoms with van der Waals surface area (Å²) in [5, 5.41) is 0. The van der Waals surface area contributed by atoms with Crippen molar-refractivity contribution in [3.8, 4) is 0 Å². The van der Waals surface area contributed by atoms with E-state index in [4.69, 9.17) is 4.74 Å². The molecule has 0 amide bonds. The quantitative estimate of drug-likeness (QED) is 0.372. The van der Waals surface area contributed by atoms with Gasteiger partial charge < -0.3 is 4.74 Å². The lowest BCUT2D eigenvalue weighted by atomic mass is 9.80. The van der Waals surface area contributed by atoms with Crippen molar-refractivity contribution in [2.45, 2.75) is 51.3 Å². The van der Waals surface area contributed by atoms with Gasteiger partial charge in [0.1, 0.15) is 0 Å². The predicted octanol–water partition coefficient (Wildman–Crippen LogP) is 5.93. The fourth-order valence-electron chi connectivity index (χ4n) is 2.84. The Labute approximate surface area is 156 Å². The van der Waals surface area contributed by atoms with Gasteiger partial charge in [-0.3, -0.25) is 0 Å². The number of fused-ring (bicyclic) bond motifs is 1. The smallest absolute Gasteiger partial charge is 0.330 e. The Hall–Kier alpha value is -1.74. The third-order valence-corrected chi connectivity index (χ3v) is 5.56. The van der Waals surface area contributed by atoms with E-state index in [1.807, 2.05) is 30.8 Å². The normalized spacial score (nSPS) is 17.5. The highest BCUT2D eigenvalue weighted by Crippen LogP contribution is 2.42. The molecule has 2 rings (SSSR count). The zero-order chi connectivity index (χ0) is 18.4. The van der Waals surface area contributed by atoms with E-state index in [9.17, 15) is 4.79 Å². The number of benzene rings is 1. The minimum atomic E-state index is -0.292. The molecule has 0 N–H and O–H groups in total. The molecule has 0 spiro atoms. The highest BCUT2D eigenvalue weighted by atomic mass is 32.2. The summed E-state index contributed by atoms with van der Waals surface area (Å²) < 4.78 is 4.91. The van der Waals surface area contributed by atoms with Gasteiger partial charge >= 0.3 is 5.97 Å². The molecule has 0 unspecified atom stereocenters. The third-order valence-electron chi connectivity index (χ3n) is 4.49. The van der Waals surface area contributed by atoms with Crippen LogP contribution in [-0.4, -0.2) is 18.3 Å². The van der Waals surface area contributed by atoms with Crippen LogP contribution in [0.5, 0.6) is 0 Å². The average Bonchev–Trinajstić information content (AvgIpc) is 2.54. The Morgan fingerprint density at radius 2 is 2.08 bits per heavy atom. The standard InChI is InChI=1S/C22H28O2S/c1-6-24-21(23)14-16(2)8-7-9-17(3)18-10-11-20-19(15-18)22(4,5)12-13-25-20/h7-11,14-15H,6,12-13H2,1-5H3/b8-7+,16-14+,17-9+. The summed E-state index contributed by atoms with van der Waals surface area (Å²) in [5.41, 5.74) is 5.05. The first-order valence-corrected chi connectivity index (χ1v) is 9.80. The Morgan fingerprint density at radius 1 is 1.32 bits per heavy atom. The maximum Gasteiger partial charge on any atom is 0.330 e. The molecule has 0 atom stereocenters. The highest BCUT2D eigenvalue weighted by Gasteiger charge is 2.27. The van der Waals surface area contributed by atoms with Gasteiger partial charge in [-0.1, -0.05) is 38.1 Å². The molecule has 0 bridgehead atoms. The van der Waals surface area contributed by atoms with Crippen LogP contribution in [0.1, 0.15) is 52.2 Å². The molecular weight excluding hydrogens is 328 g/mol. The van der Waals surface area contributed by atoms with E-state index in [-0.39, 0.29) is 11.4 Å². The van der Waals surface area contributed by atoms with Crippen molar-refractivity contribution in [1.82, 2.24) is 0 Å². The number of allylic oxidation sites excluding steroid dienone is 5. The molecule has 1 aliphatic heterocycles. The summed E-state index contributed by atoms with van der Waals surface area (Å²) in [4.78, 5) is 12.8. The van der Waals surface area contributed by atoms with Crippen LogP contribution in [0.3, 0.4) is 0 Å². The van der Waals surface area contributed by atoms with Crippen LogP contribution in [0.15, 0.2) is 53.0 Å². The van der Waals surface area contributed by atoms with E-state index in [1.54, 1.807) is 6.92 Å². The van der Waals surface area contributed by atoms with Gasteiger partial charge in [0.15, 0.2) is 0 Å². The van der Waals surface area contributed by atoms with Gasteiger partial charge in [-0.15, -0.1) is 11.8 Å². The molecule has 0 fully saturated rings. The number of carbonyl (C=O) groups is 1. The number of rotatable bonds is 5. The fraction of sp³-hybridized carbons (Fsp3) is 0.409. The van der Waals surface area contributed by atoms with Crippen LogP contribution in [0.25, 0.3) is 5.57 Å². The third kappa shape index (κ3) is 5.37. The van der Waals surface area contributed by atoms with Gasteiger partial charge in [0.2, 0.25) is 0 Å². The summed E-state index contributed by atoms with van der Waals surface area (Å²) in [6.07, 6.45) is 8.74. The van der Waals surface area contributed by atoms with E-state index in [0.29, 0.717) is 6.61 Å². The van der Waals surface area contributed by atoms with Crippen molar-refractivity contribution in [3.05, 3.63) is 59.2 Å². The molecule has 1 aromatic rings. The summed E-state index contributed by atoms with van der Waals surface area (Å²) in [6, 6.07) is 6.79. The number of carbonyl (C=O) groups excluding carboxylic acids is 1. The molecule has 0 saturated heterocycles. The molecule has 2 nitrogen and oxygen atoms in total. The Bertz CT molecular complexity index is 724. The van der Waals surface area contributed by atoms with Crippen LogP contribution in [0.2, 0.25) is 0 Å². The fourth-order valence-corrected chi connectivity index (χ4v) is 4.33. The van der Waals surface area contributed by atoms with E-state index in [0.717, 1.165) is 5.57 Å². The second-order valence-electron chi connectivity index (χ2n) is 7.04. The Kier molecular flexibility index (Phi) is 6.71. The van der Waals surface area contributed by atoms with Gasteiger partial charge in [-0.05, 0) is 72.8 Å². The van der Waals surface area contributed by atoms with Crippen molar-refractivity contribution >= 4 is 23.3 Å². The van der Waals surface area contributed by atoms with Gasteiger partial charge in [-0.25, -0.2) is 4.79 Å². The number of hydrogen-bond donors (Lipinski definition) is 0. The summed E-state index contributed by atoms with van der Waals surface area (Å²) in [7, 11) is 0. The van der Waals surface area contributed by atoms with E-state index in [1.165, 1.54) is 39.8 Å². The van der Waals surface area contributed by atoms with Crippen LogP contribution < -0.4 is 0 Å². The molecule has 1 aliphatic rings. The molecule has 134 valence electrons. The minimum absolute atomic E-state index is 0.242. The number of hydrogen-bond acceptors (Lipinski definition) is 3. The SMILES string of the molecule is CCOC(=O)/C=C(C)/C=C/C=C(\C)c1ccc2c(c1)C(C)(C)CCS2. The first kappa shape index (κ1) is 19.6. The van der Waals surface area contributed by atoms with Crippen LogP contribution in [0.4, 0.5) is 0 Å². The zero-order valence-corrected chi connectivity index (χ0v) is 16.7. The van der Waals surface area contributed by atoms with Crippen LogP contribution in [-0.2, 0) is 14.9 Å². The lowest BCUT2D eigenvalue weighted by Gasteiger charge is -2.32. The second-order valence-corrected chi connectivity index (χ2v) is 8.18. The minimum Gasteiger partial charge on any atom is -0.463 e. The molecule has 1 aromatic carbocycles. The first-order valence-electron chi connectivity index (χ1n) is 8.81. The molecule has 0 aromatic heterocycles.